The number of nitrogens with zero attached hydrogens (tertiary/aromatic N) is 1. The van der Waals surface area contributed by atoms with Crippen LogP contribution in [0.3, 0.4) is 0 Å². The largest absolute Gasteiger partial charge is 0.480 e. The minimum atomic E-state index is -0.830. The molecule has 0 radical (unpaired) electrons. The number of aromatic nitrogens is 1. The Morgan fingerprint density at radius 1 is 1.32 bits per heavy atom. The van der Waals surface area contributed by atoms with Gasteiger partial charge in [-0.05, 0) is 32.4 Å². The molecule has 116 valence electrons. The molecule has 1 atom stereocenters. The van der Waals surface area contributed by atoms with E-state index in [2.05, 4.69) is 4.98 Å². The van der Waals surface area contributed by atoms with Gasteiger partial charge in [-0.15, -0.1) is 0 Å². The molecule has 1 aliphatic rings. The number of carboxylic acids is 1. The van der Waals surface area contributed by atoms with Gasteiger partial charge >= 0.3 is 5.97 Å². The number of fused-ring (bicyclic) bond motifs is 1. The van der Waals surface area contributed by atoms with Crippen LogP contribution in [0.5, 0.6) is 0 Å². The van der Waals surface area contributed by atoms with E-state index < -0.39 is 12.0 Å². The molecule has 0 spiro atoms. The maximum atomic E-state index is 12.7. The number of nitrogens with one attached hydrogen (secondary N) is 1. The third kappa shape index (κ3) is 2.64. The molecule has 1 unspecified atom stereocenters. The Balaban J connectivity index is 1.87. The molecule has 22 heavy (non-hydrogen) atoms. The molecule has 1 aromatic carbocycles. The maximum absolute atomic E-state index is 12.7. The zero-order valence-electron chi connectivity index (χ0n) is 12.6. The Hall–Kier alpha value is -2.14. The van der Waals surface area contributed by atoms with Crippen molar-refractivity contribution in [3.05, 3.63) is 35.5 Å². The van der Waals surface area contributed by atoms with Crippen molar-refractivity contribution < 1.29 is 14.7 Å². The fraction of sp³-hybridized carbons (Fsp3) is 0.412. The van der Waals surface area contributed by atoms with Crippen LogP contribution in [0, 0.1) is 6.92 Å². The van der Waals surface area contributed by atoms with Gasteiger partial charge in [0.05, 0.1) is 6.54 Å². The average Bonchev–Trinajstić information content (AvgIpc) is 2.83. The number of Topliss-reactive ketones (excluding diaryl/α,β-unsaturated/α-hetero) is 1. The van der Waals surface area contributed by atoms with Gasteiger partial charge in [-0.2, -0.15) is 0 Å². The number of carboxylic acid groups (broad SMARTS) is 1. The van der Waals surface area contributed by atoms with Crippen LogP contribution in [0.1, 0.15) is 35.3 Å². The van der Waals surface area contributed by atoms with Crippen molar-refractivity contribution in [3.8, 4) is 0 Å². The van der Waals surface area contributed by atoms with E-state index in [1.54, 1.807) is 4.90 Å². The Labute approximate surface area is 128 Å². The van der Waals surface area contributed by atoms with Crippen molar-refractivity contribution >= 4 is 22.7 Å². The van der Waals surface area contributed by atoms with E-state index in [4.69, 9.17) is 0 Å². The summed E-state index contributed by atoms with van der Waals surface area (Å²) in [7, 11) is 0. The van der Waals surface area contributed by atoms with Crippen LogP contribution >= 0.6 is 0 Å². The lowest BCUT2D eigenvalue weighted by atomic mass is 10.00. The topological polar surface area (TPSA) is 73.4 Å². The van der Waals surface area contributed by atoms with E-state index in [1.807, 2.05) is 31.2 Å². The van der Waals surface area contributed by atoms with Crippen molar-refractivity contribution in [2.24, 2.45) is 0 Å². The minimum Gasteiger partial charge on any atom is -0.480 e. The molecule has 2 N–H and O–H groups in total. The van der Waals surface area contributed by atoms with Crippen LogP contribution < -0.4 is 0 Å². The summed E-state index contributed by atoms with van der Waals surface area (Å²) in [6.07, 6.45) is 2.48. The molecule has 2 aromatic rings. The standard InChI is InChI=1S/C17H20N2O3/c1-11-16(12-6-2-3-7-13(12)18-11)15(20)10-19-9-5-4-8-14(19)17(21)22/h2-3,6-7,14,18H,4-5,8-10H2,1H3,(H,21,22). The summed E-state index contributed by atoms with van der Waals surface area (Å²) >= 11 is 0. The molecule has 0 amide bonds. The number of hydrogen-bond acceptors (Lipinski definition) is 3. The van der Waals surface area contributed by atoms with E-state index in [1.165, 1.54) is 0 Å². The van der Waals surface area contributed by atoms with E-state index in [9.17, 15) is 14.7 Å². The van der Waals surface area contributed by atoms with Crippen LogP contribution in [0.15, 0.2) is 24.3 Å². The van der Waals surface area contributed by atoms with Gasteiger partial charge in [0, 0.05) is 22.2 Å². The van der Waals surface area contributed by atoms with Crippen LogP contribution in [-0.4, -0.2) is 45.9 Å². The number of aliphatic carboxylic acids is 1. The fourth-order valence-corrected chi connectivity index (χ4v) is 3.36. The molecule has 3 rings (SSSR count). The zero-order chi connectivity index (χ0) is 15.7. The number of benzene rings is 1. The number of rotatable bonds is 4. The molecule has 1 aliphatic heterocycles. The molecule has 1 aromatic heterocycles. The predicted octanol–water partition coefficient (Wildman–Crippen LogP) is 2.60. The molecule has 0 bridgehead atoms. The highest BCUT2D eigenvalue weighted by Gasteiger charge is 2.30. The SMILES string of the molecule is Cc1[nH]c2ccccc2c1C(=O)CN1CCCCC1C(=O)O. The van der Waals surface area contributed by atoms with Gasteiger partial charge < -0.3 is 10.1 Å². The lowest BCUT2D eigenvalue weighted by Crippen LogP contribution is -2.46. The predicted molar refractivity (Wildman–Crippen MR) is 84.2 cm³/mol. The molecule has 5 nitrogen and oxygen atoms in total. The highest BCUT2D eigenvalue weighted by atomic mass is 16.4. The summed E-state index contributed by atoms with van der Waals surface area (Å²) in [4.78, 5) is 29.1. The maximum Gasteiger partial charge on any atom is 0.320 e. The first kappa shape index (κ1) is 14.8. The molecule has 1 saturated heterocycles. The number of ketones is 1. The molecular formula is C17H20N2O3. The smallest absolute Gasteiger partial charge is 0.320 e. The lowest BCUT2D eigenvalue weighted by Gasteiger charge is -2.32. The van der Waals surface area contributed by atoms with E-state index in [0.29, 0.717) is 18.5 Å². The van der Waals surface area contributed by atoms with Gasteiger partial charge in [0.25, 0.3) is 0 Å². The Morgan fingerprint density at radius 3 is 2.86 bits per heavy atom. The third-order valence-corrected chi connectivity index (χ3v) is 4.42. The number of para-hydroxylation sites is 1. The third-order valence-electron chi connectivity index (χ3n) is 4.42. The highest BCUT2D eigenvalue weighted by molar-refractivity contribution is 6.10. The van der Waals surface area contributed by atoms with Crippen LogP contribution in [0.2, 0.25) is 0 Å². The minimum absolute atomic E-state index is 0.0110. The van der Waals surface area contributed by atoms with Crippen LogP contribution in [-0.2, 0) is 4.79 Å². The van der Waals surface area contributed by atoms with Crippen molar-refractivity contribution in [3.63, 3.8) is 0 Å². The molecule has 0 saturated carbocycles. The number of carbonyl (C=O) groups is 2. The normalized spacial score (nSPS) is 19.4. The van der Waals surface area contributed by atoms with Gasteiger partial charge in [0.2, 0.25) is 0 Å². The zero-order valence-corrected chi connectivity index (χ0v) is 12.6. The number of aromatic amines is 1. The fourth-order valence-electron chi connectivity index (χ4n) is 3.36. The van der Waals surface area contributed by atoms with Crippen molar-refractivity contribution in [1.82, 2.24) is 9.88 Å². The first-order valence-corrected chi connectivity index (χ1v) is 7.65. The molecule has 1 fully saturated rings. The van der Waals surface area contributed by atoms with Crippen LogP contribution in [0.4, 0.5) is 0 Å². The summed E-state index contributed by atoms with van der Waals surface area (Å²) in [5, 5.41) is 10.2. The quantitative estimate of drug-likeness (QED) is 0.851. The molecular weight excluding hydrogens is 280 g/mol. The lowest BCUT2D eigenvalue weighted by molar-refractivity contribution is -0.144. The van der Waals surface area contributed by atoms with E-state index >= 15 is 0 Å². The summed E-state index contributed by atoms with van der Waals surface area (Å²) in [5.41, 5.74) is 2.47. The van der Waals surface area contributed by atoms with Gasteiger partial charge in [0.1, 0.15) is 6.04 Å². The summed E-state index contributed by atoms with van der Waals surface area (Å²) in [5.74, 6) is -0.841. The second kappa shape index (κ2) is 5.93. The summed E-state index contributed by atoms with van der Waals surface area (Å²) in [6.45, 7) is 2.72. The van der Waals surface area contributed by atoms with E-state index in [-0.39, 0.29) is 12.3 Å². The molecule has 0 aliphatic carbocycles. The summed E-state index contributed by atoms with van der Waals surface area (Å²) < 4.78 is 0. The van der Waals surface area contributed by atoms with Gasteiger partial charge in [-0.1, -0.05) is 24.6 Å². The average molecular weight is 300 g/mol. The first-order chi connectivity index (χ1) is 10.6. The number of H-pyrrole nitrogens is 1. The number of piperidine rings is 1. The summed E-state index contributed by atoms with van der Waals surface area (Å²) in [6, 6.07) is 7.17. The Bertz CT molecular complexity index is 720. The Kier molecular flexibility index (Phi) is 3.98. The monoisotopic (exact) mass is 300 g/mol. The second-order valence-corrected chi connectivity index (χ2v) is 5.91. The van der Waals surface area contributed by atoms with E-state index in [0.717, 1.165) is 29.4 Å². The van der Waals surface area contributed by atoms with Gasteiger partial charge in [-0.3, -0.25) is 14.5 Å². The van der Waals surface area contributed by atoms with Crippen molar-refractivity contribution in [2.75, 3.05) is 13.1 Å². The number of aryl methyl sites for hydroxylation is 1. The number of likely N-dealkylation sites (tertiary alicyclic amines) is 1. The van der Waals surface area contributed by atoms with Crippen molar-refractivity contribution in [1.29, 1.82) is 0 Å². The highest BCUT2D eigenvalue weighted by Crippen LogP contribution is 2.24. The second-order valence-electron chi connectivity index (χ2n) is 5.91. The Morgan fingerprint density at radius 2 is 2.09 bits per heavy atom. The van der Waals surface area contributed by atoms with Crippen LogP contribution in [0.25, 0.3) is 10.9 Å². The molecule has 5 heteroatoms. The molecule has 2 heterocycles. The van der Waals surface area contributed by atoms with Crippen molar-refractivity contribution in [2.45, 2.75) is 32.2 Å². The van der Waals surface area contributed by atoms with Gasteiger partial charge in [-0.25, -0.2) is 0 Å². The van der Waals surface area contributed by atoms with Gasteiger partial charge in [0.15, 0.2) is 5.78 Å². The first-order valence-electron chi connectivity index (χ1n) is 7.65. The number of carbonyl (C=O) groups excluding carboxylic acids is 1. The number of hydrogen-bond donors (Lipinski definition) is 2.